The predicted octanol–water partition coefficient (Wildman–Crippen LogP) is 2.58. The van der Waals surface area contributed by atoms with Crippen LogP contribution in [-0.4, -0.2) is 43.2 Å². The number of nitrogens with zero attached hydrogens (tertiary/aromatic N) is 1. The van der Waals surface area contributed by atoms with E-state index in [1.165, 1.54) is 25.2 Å². The molecule has 0 unspecified atom stereocenters. The van der Waals surface area contributed by atoms with E-state index in [1.54, 1.807) is 32.2 Å². The van der Waals surface area contributed by atoms with Crippen LogP contribution in [0.25, 0.3) is 0 Å². The molecule has 1 aromatic carbocycles. The maximum Gasteiger partial charge on any atom is 0.339 e. The fourth-order valence-electron chi connectivity index (χ4n) is 2.29. The summed E-state index contributed by atoms with van der Waals surface area (Å²) >= 11 is 0. The third-order valence-corrected chi connectivity index (χ3v) is 3.54. The summed E-state index contributed by atoms with van der Waals surface area (Å²) in [6.45, 7) is 1.72. The summed E-state index contributed by atoms with van der Waals surface area (Å²) in [4.78, 5) is 25.0. The van der Waals surface area contributed by atoms with Crippen molar-refractivity contribution in [3.8, 4) is 11.5 Å². The van der Waals surface area contributed by atoms with Crippen LogP contribution in [-0.2, 0) is 6.54 Å². The molecule has 1 heterocycles. The Balaban J connectivity index is 2.20. The normalized spacial score (nSPS) is 10.3. The monoisotopic (exact) mass is 333 g/mol. The lowest BCUT2D eigenvalue weighted by molar-refractivity contribution is 0.0694. The Labute approximate surface area is 139 Å². The van der Waals surface area contributed by atoms with Gasteiger partial charge in [-0.15, -0.1) is 0 Å². The molecule has 0 fully saturated rings. The Morgan fingerprint density at radius 3 is 2.17 bits per heavy atom. The molecule has 1 amide bonds. The van der Waals surface area contributed by atoms with Gasteiger partial charge in [0.1, 0.15) is 28.6 Å². The van der Waals surface area contributed by atoms with Crippen molar-refractivity contribution in [3.05, 3.63) is 46.9 Å². The number of hydrogen-bond acceptors (Lipinski definition) is 5. The van der Waals surface area contributed by atoms with Gasteiger partial charge in [-0.25, -0.2) is 4.79 Å². The van der Waals surface area contributed by atoms with Gasteiger partial charge < -0.3 is 23.9 Å². The van der Waals surface area contributed by atoms with E-state index in [0.29, 0.717) is 28.6 Å². The largest absolute Gasteiger partial charge is 0.497 e. The van der Waals surface area contributed by atoms with Crippen molar-refractivity contribution in [2.24, 2.45) is 0 Å². The van der Waals surface area contributed by atoms with Gasteiger partial charge in [-0.3, -0.25) is 4.79 Å². The lowest BCUT2D eigenvalue weighted by atomic mass is 10.1. The number of benzene rings is 1. The molecule has 0 aliphatic heterocycles. The van der Waals surface area contributed by atoms with E-state index >= 15 is 0 Å². The second-order valence-corrected chi connectivity index (χ2v) is 5.25. The molecule has 0 spiro atoms. The molecule has 0 radical (unpaired) electrons. The second-order valence-electron chi connectivity index (χ2n) is 5.25. The van der Waals surface area contributed by atoms with E-state index in [0.717, 1.165) is 0 Å². The molecule has 7 heteroatoms. The highest BCUT2D eigenvalue weighted by molar-refractivity contribution is 5.95. The number of carboxylic acids is 1. The second kappa shape index (κ2) is 7.08. The fourth-order valence-corrected chi connectivity index (χ4v) is 2.29. The number of ether oxygens (including phenoxy) is 2. The van der Waals surface area contributed by atoms with Gasteiger partial charge in [-0.2, -0.15) is 0 Å². The van der Waals surface area contributed by atoms with Crippen molar-refractivity contribution in [2.75, 3.05) is 21.3 Å². The van der Waals surface area contributed by atoms with Gasteiger partial charge in [0.2, 0.25) is 0 Å². The van der Waals surface area contributed by atoms with E-state index in [2.05, 4.69) is 0 Å². The van der Waals surface area contributed by atoms with Crippen molar-refractivity contribution in [1.82, 2.24) is 4.90 Å². The lowest BCUT2D eigenvalue weighted by Crippen LogP contribution is -2.26. The molecule has 2 rings (SSSR count). The molecule has 1 N–H and O–H groups in total. The number of methoxy groups -OCH3 is 2. The van der Waals surface area contributed by atoms with Crippen LogP contribution < -0.4 is 9.47 Å². The number of amides is 1. The zero-order valence-electron chi connectivity index (χ0n) is 14.0. The van der Waals surface area contributed by atoms with Crippen LogP contribution >= 0.6 is 0 Å². The van der Waals surface area contributed by atoms with Gasteiger partial charge in [-0.1, -0.05) is 0 Å². The van der Waals surface area contributed by atoms with Gasteiger partial charge in [0.15, 0.2) is 0 Å². The molecule has 0 saturated heterocycles. The van der Waals surface area contributed by atoms with Crippen LogP contribution in [0.1, 0.15) is 32.2 Å². The third kappa shape index (κ3) is 3.68. The average molecular weight is 333 g/mol. The van der Waals surface area contributed by atoms with Crippen LogP contribution in [0.4, 0.5) is 0 Å². The Kier molecular flexibility index (Phi) is 5.13. The smallest absolute Gasteiger partial charge is 0.339 e. The highest BCUT2D eigenvalue weighted by Gasteiger charge is 2.19. The Bertz CT molecular complexity index is 742. The van der Waals surface area contributed by atoms with Crippen molar-refractivity contribution in [3.63, 3.8) is 0 Å². The molecule has 2 aromatic rings. The van der Waals surface area contributed by atoms with Gasteiger partial charge in [-0.05, 0) is 25.1 Å². The molecule has 1 aromatic heterocycles. The summed E-state index contributed by atoms with van der Waals surface area (Å²) in [5.74, 6) is 0.394. The number of aryl methyl sites for hydroxylation is 1. The number of carbonyl (C=O) groups excluding carboxylic acids is 1. The first-order chi connectivity index (χ1) is 11.3. The molecule has 128 valence electrons. The first-order valence-electron chi connectivity index (χ1n) is 7.16. The minimum atomic E-state index is -1.06. The number of carbonyl (C=O) groups is 2. The number of hydrogen-bond donors (Lipinski definition) is 1. The Hall–Kier alpha value is -2.96. The van der Waals surface area contributed by atoms with Crippen LogP contribution in [0.2, 0.25) is 0 Å². The van der Waals surface area contributed by atoms with E-state index in [4.69, 9.17) is 19.0 Å². The molecular formula is C17H19NO6. The summed E-state index contributed by atoms with van der Waals surface area (Å²) < 4.78 is 15.7. The maximum atomic E-state index is 12.6. The fraction of sp³-hybridized carbons (Fsp3) is 0.294. The topological polar surface area (TPSA) is 89.2 Å². The van der Waals surface area contributed by atoms with Gasteiger partial charge >= 0.3 is 5.97 Å². The molecule has 0 aliphatic carbocycles. The number of aromatic carboxylic acids is 1. The van der Waals surface area contributed by atoms with Crippen LogP contribution in [0.5, 0.6) is 11.5 Å². The first-order valence-corrected chi connectivity index (χ1v) is 7.16. The van der Waals surface area contributed by atoms with Crippen LogP contribution in [0.3, 0.4) is 0 Å². The van der Waals surface area contributed by atoms with Gasteiger partial charge in [0, 0.05) is 18.7 Å². The summed E-state index contributed by atoms with van der Waals surface area (Å²) in [6.07, 6.45) is 0. The molecular weight excluding hydrogens is 314 g/mol. The zero-order valence-corrected chi connectivity index (χ0v) is 14.0. The molecule has 7 nitrogen and oxygen atoms in total. The number of furan rings is 1. The third-order valence-electron chi connectivity index (χ3n) is 3.54. The molecule has 0 saturated carbocycles. The zero-order chi connectivity index (χ0) is 17.9. The van der Waals surface area contributed by atoms with Gasteiger partial charge in [0.25, 0.3) is 5.91 Å². The Morgan fingerprint density at radius 2 is 1.71 bits per heavy atom. The van der Waals surface area contributed by atoms with Crippen molar-refractivity contribution in [2.45, 2.75) is 13.5 Å². The quantitative estimate of drug-likeness (QED) is 0.874. The maximum absolute atomic E-state index is 12.6. The summed E-state index contributed by atoms with van der Waals surface area (Å²) in [7, 11) is 4.62. The number of carboxylic acid groups (broad SMARTS) is 1. The standard InChI is InChI=1S/C17H19NO6/c1-10-15(17(20)21)8-14(24-10)9-18(2)16(19)11-5-12(22-3)7-13(6-11)23-4/h5-8H,9H2,1-4H3,(H,20,21). The van der Waals surface area contributed by atoms with Crippen molar-refractivity contribution >= 4 is 11.9 Å². The molecule has 24 heavy (non-hydrogen) atoms. The molecule has 0 atom stereocenters. The highest BCUT2D eigenvalue weighted by Crippen LogP contribution is 2.24. The van der Waals surface area contributed by atoms with E-state index in [-0.39, 0.29) is 18.0 Å². The summed E-state index contributed by atoms with van der Waals surface area (Å²) in [5.41, 5.74) is 0.490. The first kappa shape index (κ1) is 17.4. The van der Waals surface area contributed by atoms with E-state index in [9.17, 15) is 9.59 Å². The average Bonchev–Trinajstić information content (AvgIpc) is 2.93. The van der Waals surface area contributed by atoms with Gasteiger partial charge in [0.05, 0.1) is 20.8 Å². The SMILES string of the molecule is COc1cc(OC)cc(C(=O)N(C)Cc2cc(C(=O)O)c(C)o2)c1. The van der Waals surface area contributed by atoms with E-state index in [1.807, 2.05) is 0 Å². The molecule has 0 bridgehead atoms. The van der Waals surface area contributed by atoms with E-state index < -0.39 is 5.97 Å². The predicted molar refractivity (Wildman–Crippen MR) is 85.7 cm³/mol. The van der Waals surface area contributed by atoms with Crippen LogP contribution in [0, 0.1) is 6.92 Å². The van der Waals surface area contributed by atoms with Crippen molar-refractivity contribution in [1.29, 1.82) is 0 Å². The Morgan fingerprint density at radius 1 is 1.12 bits per heavy atom. The van der Waals surface area contributed by atoms with Crippen LogP contribution in [0.15, 0.2) is 28.7 Å². The minimum Gasteiger partial charge on any atom is -0.497 e. The summed E-state index contributed by atoms with van der Waals surface area (Å²) in [5, 5.41) is 9.05. The lowest BCUT2D eigenvalue weighted by Gasteiger charge is -2.17. The highest BCUT2D eigenvalue weighted by atomic mass is 16.5. The molecule has 0 aliphatic rings. The number of rotatable bonds is 6. The van der Waals surface area contributed by atoms with Crippen molar-refractivity contribution < 1.29 is 28.6 Å². The minimum absolute atomic E-state index is 0.0916. The summed E-state index contributed by atoms with van der Waals surface area (Å²) in [6, 6.07) is 6.31.